The monoisotopic (exact) mass is 498 g/mol. The third-order valence-electron chi connectivity index (χ3n) is 5.72. The summed E-state index contributed by atoms with van der Waals surface area (Å²) in [5, 5.41) is 2.95. The number of hydrogen-bond donors (Lipinski definition) is 1. The van der Waals surface area contributed by atoms with Crippen molar-refractivity contribution in [1.29, 1.82) is 0 Å². The van der Waals surface area contributed by atoms with Crippen LogP contribution < -0.4 is 10.1 Å². The molecule has 1 saturated heterocycles. The molecule has 0 aromatic heterocycles. The molecular weight excluding hydrogens is 469 g/mol. The molecule has 1 atom stereocenters. The average Bonchev–Trinajstić information content (AvgIpc) is 2.78. The van der Waals surface area contributed by atoms with E-state index in [0.29, 0.717) is 5.75 Å². The van der Waals surface area contributed by atoms with E-state index in [1.165, 1.54) is 6.07 Å². The van der Waals surface area contributed by atoms with Gasteiger partial charge in [-0.1, -0.05) is 24.3 Å². The molecule has 0 bridgehead atoms. The molecule has 0 spiro atoms. The molecule has 186 valence electrons. The molecule has 6 nitrogen and oxygen atoms in total. The third kappa shape index (κ3) is 6.09. The van der Waals surface area contributed by atoms with Crippen LogP contribution in [0.5, 0.6) is 5.75 Å². The number of sulfonamides is 1. The molecule has 0 aliphatic carbocycles. The predicted molar refractivity (Wildman–Crippen MR) is 122 cm³/mol. The van der Waals surface area contributed by atoms with Crippen LogP contribution in [0.25, 0.3) is 0 Å². The van der Waals surface area contributed by atoms with Crippen LogP contribution in [0, 0.1) is 5.92 Å². The molecule has 0 radical (unpaired) electrons. The van der Waals surface area contributed by atoms with Crippen LogP contribution in [0.2, 0.25) is 0 Å². The normalized spacial score (nSPS) is 16.9. The Morgan fingerprint density at radius 1 is 1.06 bits per heavy atom. The quantitative estimate of drug-likeness (QED) is 0.597. The fraction of sp³-hybridized carbons (Fsp3) is 0.458. The number of nitrogens with one attached hydrogen (secondary N) is 1. The van der Waals surface area contributed by atoms with Gasteiger partial charge in [-0.3, -0.25) is 4.79 Å². The van der Waals surface area contributed by atoms with Gasteiger partial charge >= 0.3 is 6.18 Å². The number of nitrogens with zero attached hydrogens (tertiary/aromatic N) is 1. The molecule has 10 heteroatoms. The SMILES string of the molecule is CC(C)Oc1cccc(C(C)NC(=O)C2CCN(S(=O)(=O)c3ccccc3C(F)(F)F)CC2)c1. The molecule has 1 N–H and O–H groups in total. The van der Waals surface area contributed by atoms with Crippen molar-refractivity contribution in [3.63, 3.8) is 0 Å². The Morgan fingerprint density at radius 3 is 2.32 bits per heavy atom. The fourth-order valence-corrected chi connectivity index (χ4v) is 5.65. The van der Waals surface area contributed by atoms with Gasteiger partial charge in [0, 0.05) is 19.0 Å². The summed E-state index contributed by atoms with van der Waals surface area (Å²) in [6, 6.07) is 11.3. The second-order valence-electron chi connectivity index (χ2n) is 8.64. The summed E-state index contributed by atoms with van der Waals surface area (Å²) in [4.78, 5) is 12.0. The number of piperidine rings is 1. The van der Waals surface area contributed by atoms with Gasteiger partial charge in [0.05, 0.1) is 22.6 Å². The van der Waals surface area contributed by atoms with Crippen molar-refractivity contribution in [2.45, 2.75) is 56.8 Å². The van der Waals surface area contributed by atoms with Gasteiger partial charge in [0.25, 0.3) is 0 Å². The molecule has 3 rings (SSSR count). The Morgan fingerprint density at radius 2 is 1.71 bits per heavy atom. The maximum atomic E-state index is 13.3. The zero-order valence-corrected chi connectivity index (χ0v) is 20.1. The van der Waals surface area contributed by atoms with Gasteiger partial charge in [0.15, 0.2) is 0 Å². The highest BCUT2D eigenvalue weighted by molar-refractivity contribution is 7.89. The zero-order valence-electron chi connectivity index (χ0n) is 19.3. The molecule has 1 amide bonds. The van der Waals surface area contributed by atoms with Crippen molar-refractivity contribution in [1.82, 2.24) is 9.62 Å². The van der Waals surface area contributed by atoms with Gasteiger partial charge in [0.1, 0.15) is 5.75 Å². The average molecular weight is 499 g/mol. The molecule has 1 aliphatic heterocycles. The largest absolute Gasteiger partial charge is 0.491 e. The summed E-state index contributed by atoms with van der Waals surface area (Å²) in [7, 11) is -4.34. The van der Waals surface area contributed by atoms with E-state index in [1.807, 2.05) is 45.0 Å². The van der Waals surface area contributed by atoms with Crippen LogP contribution in [0.15, 0.2) is 53.4 Å². The molecular formula is C24H29F3N2O4S. The summed E-state index contributed by atoms with van der Waals surface area (Å²) in [6.45, 7) is 5.63. The van der Waals surface area contributed by atoms with Gasteiger partial charge in [-0.25, -0.2) is 8.42 Å². The van der Waals surface area contributed by atoms with E-state index in [9.17, 15) is 26.4 Å². The molecule has 0 saturated carbocycles. The topological polar surface area (TPSA) is 75.7 Å². The fourth-order valence-electron chi connectivity index (χ4n) is 3.97. The number of ether oxygens (including phenoxy) is 1. The molecule has 2 aromatic carbocycles. The Balaban J connectivity index is 1.63. The number of carbonyl (C=O) groups excluding carboxylic acids is 1. The van der Waals surface area contributed by atoms with Crippen molar-refractivity contribution in [3.8, 4) is 5.75 Å². The number of rotatable bonds is 7. The number of halogens is 3. The van der Waals surface area contributed by atoms with Gasteiger partial charge < -0.3 is 10.1 Å². The number of benzene rings is 2. The molecule has 1 unspecified atom stereocenters. The number of hydrogen-bond acceptors (Lipinski definition) is 4. The predicted octanol–water partition coefficient (Wildman–Crippen LogP) is 4.77. The zero-order chi connectivity index (χ0) is 25.1. The second kappa shape index (κ2) is 10.4. The van der Waals surface area contributed by atoms with Crippen molar-refractivity contribution in [3.05, 3.63) is 59.7 Å². The van der Waals surface area contributed by atoms with E-state index in [-0.39, 0.29) is 44.0 Å². The highest BCUT2D eigenvalue weighted by Crippen LogP contribution is 2.36. The smallest absolute Gasteiger partial charge is 0.417 e. The minimum atomic E-state index is -4.78. The summed E-state index contributed by atoms with van der Waals surface area (Å²) >= 11 is 0. The first kappa shape index (κ1) is 26.0. The molecule has 1 aliphatic rings. The van der Waals surface area contributed by atoms with E-state index >= 15 is 0 Å². The Bertz CT molecular complexity index is 1110. The Kier molecular flexibility index (Phi) is 7.92. The minimum Gasteiger partial charge on any atom is -0.491 e. The van der Waals surface area contributed by atoms with Gasteiger partial charge in [0.2, 0.25) is 15.9 Å². The Hall–Kier alpha value is -2.59. The van der Waals surface area contributed by atoms with Crippen LogP contribution in [-0.4, -0.2) is 37.8 Å². The first-order chi connectivity index (χ1) is 15.9. The maximum Gasteiger partial charge on any atom is 0.417 e. The van der Waals surface area contributed by atoms with Gasteiger partial charge in [-0.2, -0.15) is 17.5 Å². The summed E-state index contributed by atoms with van der Waals surface area (Å²) in [5.74, 6) is 0.0588. The first-order valence-electron chi connectivity index (χ1n) is 11.1. The maximum absolute atomic E-state index is 13.3. The molecule has 34 heavy (non-hydrogen) atoms. The lowest BCUT2D eigenvalue weighted by Crippen LogP contribution is -2.43. The van der Waals surface area contributed by atoms with Crippen LogP contribution in [0.4, 0.5) is 13.2 Å². The lowest BCUT2D eigenvalue weighted by molar-refractivity contribution is -0.139. The van der Waals surface area contributed by atoms with Crippen molar-refractivity contribution >= 4 is 15.9 Å². The molecule has 1 fully saturated rings. The van der Waals surface area contributed by atoms with Crippen molar-refractivity contribution < 1.29 is 31.1 Å². The summed E-state index contributed by atoms with van der Waals surface area (Å²) in [6.07, 6.45) is -4.31. The summed E-state index contributed by atoms with van der Waals surface area (Å²) in [5.41, 5.74) is -0.317. The van der Waals surface area contributed by atoms with Crippen LogP contribution in [0.3, 0.4) is 0 Å². The third-order valence-corrected chi connectivity index (χ3v) is 7.68. The van der Waals surface area contributed by atoms with E-state index in [1.54, 1.807) is 0 Å². The van der Waals surface area contributed by atoms with Crippen LogP contribution in [-0.2, 0) is 21.0 Å². The van der Waals surface area contributed by atoms with Crippen molar-refractivity contribution in [2.75, 3.05) is 13.1 Å². The molecule has 2 aromatic rings. The number of carbonyl (C=O) groups is 1. The van der Waals surface area contributed by atoms with Gasteiger partial charge in [-0.15, -0.1) is 0 Å². The van der Waals surface area contributed by atoms with E-state index in [0.717, 1.165) is 28.1 Å². The van der Waals surface area contributed by atoms with E-state index in [2.05, 4.69) is 5.32 Å². The second-order valence-corrected chi connectivity index (χ2v) is 10.5. The van der Waals surface area contributed by atoms with Crippen LogP contribution in [0.1, 0.15) is 50.8 Å². The minimum absolute atomic E-state index is 0.0182. The highest BCUT2D eigenvalue weighted by Gasteiger charge is 2.40. The molecule has 1 heterocycles. The van der Waals surface area contributed by atoms with Crippen molar-refractivity contribution in [2.24, 2.45) is 5.92 Å². The first-order valence-corrected chi connectivity index (χ1v) is 12.6. The number of amides is 1. The lowest BCUT2D eigenvalue weighted by Gasteiger charge is -2.31. The Labute approximate surface area is 198 Å². The van der Waals surface area contributed by atoms with Crippen LogP contribution >= 0.6 is 0 Å². The van der Waals surface area contributed by atoms with Gasteiger partial charge in [-0.05, 0) is 63.4 Å². The highest BCUT2D eigenvalue weighted by atomic mass is 32.2. The number of alkyl halides is 3. The van der Waals surface area contributed by atoms with E-state index in [4.69, 9.17) is 4.74 Å². The summed E-state index contributed by atoms with van der Waals surface area (Å²) < 4.78 is 72.5. The lowest BCUT2D eigenvalue weighted by atomic mass is 9.96. The van der Waals surface area contributed by atoms with E-state index < -0.39 is 32.6 Å². The standard InChI is InChI=1S/C24H29F3N2O4S/c1-16(2)33-20-8-6-7-19(15-20)17(3)28-23(30)18-11-13-29(14-12-18)34(31,32)22-10-5-4-9-21(22)24(25,26)27/h4-10,15-18H,11-14H2,1-3H3,(H,28,30).